The Morgan fingerprint density at radius 3 is 2.56 bits per heavy atom. The average Bonchev–Trinajstić information content (AvgIpc) is 2.28. The summed E-state index contributed by atoms with van der Waals surface area (Å²) >= 11 is 1.19. The Labute approximate surface area is 110 Å². The molecule has 0 atom stereocenters. The van der Waals surface area contributed by atoms with Crippen molar-refractivity contribution in [3.05, 3.63) is 35.6 Å². The minimum atomic E-state index is -0.519. The van der Waals surface area contributed by atoms with E-state index in [9.17, 15) is 14.0 Å². The van der Waals surface area contributed by atoms with E-state index in [-0.39, 0.29) is 34.8 Å². The third kappa shape index (κ3) is 4.87. The second-order valence-corrected chi connectivity index (χ2v) is 5.10. The summed E-state index contributed by atoms with van der Waals surface area (Å²) in [6.07, 6.45) is 0. The van der Waals surface area contributed by atoms with E-state index in [0.29, 0.717) is 0 Å². The number of carbonyl (C=O) groups excluding carboxylic acids is 2. The van der Waals surface area contributed by atoms with Crippen molar-refractivity contribution in [1.29, 1.82) is 0 Å². The standard InChI is InChI=1S/C13H16FNO2S/c1-9(2)15-13(17)8-18-7-12(16)10-5-3-4-6-11(10)14/h3-6,9H,7-8H2,1-2H3,(H,15,17). The van der Waals surface area contributed by atoms with Gasteiger partial charge in [0.25, 0.3) is 0 Å². The molecule has 0 bridgehead atoms. The van der Waals surface area contributed by atoms with Crippen molar-refractivity contribution in [3.63, 3.8) is 0 Å². The minimum absolute atomic E-state index is 0.0780. The molecule has 98 valence electrons. The van der Waals surface area contributed by atoms with Crippen LogP contribution >= 0.6 is 11.8 Å². The molecule has 1 aromatic rings. The van der Waals surface area contributed by atoms with Crippen LogP contribution < -0.4 is 5.32 Å². The van der Waals surface area contributed by atoms with Crippen molar-refractivity contribution >= 4 is 23.5 Å². The molecule has 0 aliphatic carbocycles. The van der Waals surface area contributed by atoms with Crippen LogP contribution in [0.15, 0.2) is 24.3 Å². The first-order chi connectivity index (χ1) is 8.50. The number of hydrogen-bond acceptors (Lipinski definition) is 3. The van der Waals surface area contributed by atoms with Crippen LogP contribution in [0.5, 0.6) is 0 Å². The fourth-order valence-electron chi connectivity index (χ4n) is 1.37. The van der Waals surface area contributed by atoms with E-state index in [4.69, 9.17) is 0 Å². The summed E-state index contributed by atoms with van der Waals surface area (Å²) in [7, 11) is 0. The summed E-state index contributed by atoms with van der Waals surface area (Å²) in [5.41, 5.74) is 0.0780. The monoisotopic (exact) mass is 269 g/mol. The highest BCUT2D eigenvalue weighted by molar-refractivity contribution is 8.00. The van der Waals surface area contributed by atoms with E-state index in [0.717, 1.165) is 0 Å². The van der Waals surface area contributed by atoms with E-state index in [2.05, 4.69) is 5.32 Å². The fourth-order valence-corrected chi connectivity index (χ4v) is 2.08. The Morgan fingerprint density at radius 1 is 1.28 bits per heavy atom. The average molecular weight is 269 g/mol. The summed E-state index contributed by atoms with van der Waals surface area (Å²) in [6, 6.07) is 5.94. The molecule has 1 aromatic carbocycles. The van der Waals surface area contributed by atoms with E-state index in [1.165, 1.54) is 30.0 Å². The zero-order valence-electron chi connectivity index (χ0n) is 10.4. The molecule has 0 aliphatic heterocycles. The van der Waals surface area contributed by atoms with Crippen LogP contribution in [0.2, 0.25) is 0 Å². The van der Waals surface area contributed by atoms with Gasteiger partial charge in [0, 0.05) is 6.04 Å². The molecular weight excluding hydrogens is 253 g/mol. The lowest BCUT2D eigenvalue weighted by Crippen LogP contribution is -2.31. The first-order valence-electron chi connectivity index (χ1n) is 5.65. The molecule has 0 radical (unpaired) electrons. The van der Waals surface area contributed by atoms with Crippen molar-refractivity contribution in [1.82, 2.24) is 5.32 Å². The molecule has 0 saturated heterocycles. The van der Waals surface area contributed by atoms with Crippen LogP contribution in [0.1, 0.15) is 24.2 Å². The van der Waals surface area contributed by atoms with Gasteiger partial charge in [0.1, 0.15) is 5.82 Å². The predicted octanol–water partition coefficient (Wildman–Crippen LogP) is 2.27. The molecule has 0 aliphatic rings. The number of hydrogen-bond donors (Lipinski definition) is 1. The van der Waals surface area contributed by atoms with E-state index in [1.807, 2.05) is 13.8 Å². The number of benzene rings is 1. The maximum Gasteiger partial charge on any atom is 0.230 e. The second kappa shape index (κ2) is 7.16. The summed E-state index contributed by atoms with van der Waals surface area (Å²) in [5.74, 6) is -0.619. The quantitative estimate of drug-likeness (QED) is 0.806. The summed E-state index contributed by atoms with van der Waals surface area (Å²) in [5, 5.41) is 2.72. The van der Waals surface area contributed by atoms with Crippen LogP contribution in [-0.4, -0.2) is 29.2 Å². The summed E-state index contributed by atoms with van der Waals surface area (Å²) < 4.78 is 13.3. The molecule has 5 heteroatoms. The lowest BCUT2D eigenvalue weighted by molar-refractivity contribution is -0.119. The first kappa shape index (κ1) is 14.7. The number of carbonyl (C=O) groups is 2. The van der Waals surface area contributed by atoms with Gasteiger partial charge in [-0.05, 0) is 26.0 Å². The van der Waals surface area contributed by atoms with E-state index < -0.39 is 5.82 Å². The molecule has 0 aromatic heterocycles. The molecule has 0 fully saturated rings. The molecule has 0 spiro atoms. The summed E-state index contributed by atoms with van der Waals surface area (Å²) in [4.78, 5) is 23.0. The van der Waals surface area contributed by atoms with Crippen LogP contribution in [0, 0.1) is 5.82 Å². The van der Waals surface area contributed by atoms with Crippen LogP contribution in [-0.2, 0) is 4.79 Å². The molecule has 0 saturated carbocycles. The van der Waals surface area contributed by atoms with E-state index in [1.54, 1.807) is 6.07 Å². The number of amides is 1. The van der Waals surface area contributed by atoms with Gasteiger partial charge in [-0.2, -0.15) is 0 Å². The zero-order valence-corrected chi connectivity index (χ0v) is 11.2. The Kier molecular flexibility index (Phi) is 5.85. The van der Waals surface area contributed by atoms with Gasteiger partial charge >= 0.3 is 0 Å². The molecule has 18 heavy (non-hydrogen) atoms. The highest BCUT2D eigenvalue weighted by Gasteiger charge is 2.12. The Balaban J connectivity index is 2.39. The van der Waals surface area contributed by atoms with Gasteiger partial charge in [-0.15, -0.1) is 11.8 Å². The topological polar surface area (TPSA) is 46.2 Å². The number of ketones is 1. The van der Waals surface area contributed by atoms with Gasteiger partial charge in [0.05, 0.1) is 17.1 Å². The van der Waals surface area contributed by atoms with Crippen LogP contribution in [0.25, 0.3) is 0 Å². The summed E-state index contributed by atoms with van der Waals surface area (Å²) in [6.45, 7) is 3.74. The number of thioether (sulfide) groups is 1. The Morgan fingerprint density at radius 2 is 1.94 bits per heavy atom. The number of nitrogens with one attached hydrogen (secondary N) is 1. The lowest BCUT2D eigenvalue weighted by Gasteiger charge is -2.07. The smallest absolute Gasteiger partial charge is 0.230 e. The largest absolute Gasteiger partial charge is 0.353 e. The van der Waals surface area contributed by atoms with Crippen molar-refractivity contribution in [2.45, 2.75) is 19.9 Å². The first-order valence-corrected chi connectivity index (χ1v) is 6.81. The molecule has 1 rings (SSSR count). The van der Waals surface area contributed by atoms with Gasteiger partial charge in [0.15, 0.2) is 5.78 Å². The third-order valence-corrected chi connectivity index (χ3v) is 3.02. The van der Waals surface area contributed by atoms with Gasteiger partial charge < -0.3 is 5.32 Å². The molecule has 1 amide bonds. The van der Waals surface area contributed by atoms with Gasteiger partial charge in [-0.25, -0.2) is 4.39 Å². The molecular formula is C13H16FNO2S. The van der Waals surface area contributed by atoms with Crippen molar-refractivity contribution in [2.24, 2.45) is 0 Å². The van der Waals surface area contributed by atoms with Gasteiger partial charge in [0.2, 0.25) is 5.91 Å². The van der Waals surface area contributed by atoms with Crippen molar-refractivity contribution in [3.8, 4) is 0 Å². The Hall–Kier alpha value is -1.36. The van der Waals surface area contributed by atoms with Gasteiger partial charge in [-0.1, -0.05) is 12.1 Å². The lowest BCUT2D eigenvalue weighted by atomic mass is 10.1. The molecule has 0 unspecified atom stereocenters. The minimum Gasteiger partial charge on any atom is -0.353 e. The third-order valence-electron chi connectivity index (χ3n) is 2.09. The maximum atomic E-state index is 13.3. The van der Waals surface area contributed by atoms with E-state index >= 15 is 0 Å². The van der Waals surface area contributed by atoms with Crippen molar-refractivity contribution < 1.29 is 14.0 Å². The van der Waals surface area contributed by atoms with Crippen molar-refractivity contribution in [2.75, 3.05) is 11.5 Å². The molecule has 1 N–H and O–H groups in total. The van der Waals surface area contributed by atoms with Gasteiger partial charge in [-0.3, -0.25) is 9.59 Å². The number of rotatable bonds is 6. The van der Waals surface area contributed by atoms with Crippen LogP contribution in [0.4, 0.5) is 4.39 Å². The van der Waals surface area contributed by atoms with Crippen LogP contribution in [0.3, 0.4) is 0 Å². The zero-order chi connectivity index (χ0) is 13.5. The molecule has 0 heterocycles. The highest BCUT2D eigenvalue weighted by Crippen LogP contribution is 2.11. The number of Topliss-reactive ketones (excluding diaryl/α,β-unsaturated/α-hetero) is 1. The normalized spacial score (nSPS) is 10.4. The fraction of sp³-hybridized carbons (Fsp3) is 0.385. The second-order valence-electron chi connectivity index (χ2n) is 4.12. The highest BCUT2D eigenvalue weighted by atomic mass is 32.2. The predicted molar refractivity (Wildman–Crippen MR) is 71.3 cm³/mol. The molecule has 3 nitrogen and oxygen atoms in total. The Bertz CT molecular complexity index is 435. The maximum absolute atomic E-state index is 13.3. The SMILES string of the molecule is CC(C)NC(=O)CSCC(=O)c1ccccc1F. The number of halogens is 1.